The van der Waals surface area contributed by atoms with Crippen molar-refractivity contribution in [3.05, 3.63) is 53.9 Å². The monoisotopic (exact) mass is 364 g/mol. The molecule has 0 spiro atoms. The van der Waals surface area contributed by atoms with Gasteiger partial charge in [0.25, 0.3) is 5.91 Å². The molecule has 0 fully saturated rings. The van der Waals surface area contributed by atoms with Crippen molar-refractivity contribution < 1.29 is 4.79 Å². The number of nitrogens with one attached hydrogen (secondary N) is 1. The van der Waals surface area contributed by atoms with Crippen LogP contribution in [0, 0.1) is 0 Å². The molecule has 1 aromatic carbocycles. The van der Waals surface area contributed by atoms with Crippen LogP contribution in [0.2, 0.25) is 0 Å². The maximum absolute atomic E-state index is 12.6. The van der Waals surface area contributed by atoms with Crippen LogP contribution in [0.15, 0.2) is 42.6 Å². The minimum Gasteiger partial charge on any atom is -0.368 e. The molecule has 7 nitrogen and oxygen atoms in total. The number of carbonyl (C=O) groups excluding carboxylic acids is 1. The first kappa shape index (κ1) is 18.6. The number of hydrogen-bond donors (Lipinski definition) is 2. The quantitative estimate of drug-likeness (QED) is 0.697. The Morgan fingerprint density at radius 3 is 2.63 bits per heavy atom. The second kappa shape index (κ2) is 7.99. The lowest BCUT2D eigenvalue weighted by atomic mass is 10.1. The van der Waals surface area contributed by atoms with Crippen molar-refractivity contribution in [2.24, 2.45) is 0 Å². The number of fused-ring (bicyclic) bond motifs is 1. The van der Waals surface area contributed by atoms with Crippen LogP contribution in [-0.4, -0.2) is 38.8 Å². The molecule has 1 atom stereocenters. The lowest BCUT2D eigenvalue weighted by Gasteiger charge is -2.19. The van der Waals surface area contributed by atoms with E-state index in [0.717, 1.165) is 11.1 Å². The fourth-order valence-corrected chi connectivity index (χ4v) is 3.00. The van der Waals surface area contributed by atoms with E-state index in [1.165, 1.54) is 0 Å². The van der Waals surface area contributed by atoms with Crippen LogP contribution < -0.4 is 11.1 Å². The Kier molecular flexibility index (Phi) is 5.49. The van der Waals surface area contributed by atoms with Crippen molar-refractivity contribution in [3.63, 3.8) is 0 Å². The molecule has 140 valence electrons. The van der Waals surface area contributed by atoms with Crippen LogP contribution in [-0.2, 0) is 0 Å². The lowest BCUT2D eigenvalue weighted by Crippen LogP contribution is -2.30. The summed E-state index contributed by atoms with van der Waals surface area (Å²) in [5, 5.41) is 4.16. The summed E-state index contributed by atoms with van der Waals surface area (Å²) in [7, 11) is 0. The third kappa shape index (κ3) is 3.97. The van der Waals surface area contributed by atoms with Gasteiger partial charge >= 0.3 is 0 Å². The van der Waals surface area contributed by atoms with E-state index in [9.17, 15) is 4.79 Å². The fraction of sp³-hybridized carbons (Fsp3) is 0.300. The second-order valence-electron chi connectivity index (χ2n) is 6.26. The van der Waals surface area contributed by atoms with Crippen molar-refractivity contribution in [1.29, 1.82) is 0 Å². The highest BCUT2D eigenvalue weighted by atomic mass is 16.2. The Morgan fingerprint density at radius 1 is 1.19 bits per heavy atom. The van der Waals surface area contributed by atoms with Crippen LogP contribution in [0.1, 0.15) is 42.9 Å². The van der Waals surface area contributed by atoms with Crippen LogP contribution in [0.5, 0.6) is 0 Å². The van der Waals surface area contributed by atoms with E-state index in [0.29, 0.717) is 30.0 Å². The number of carbonyl (C=O) groups is 1. The highest BCUT2D eigenvalue weighted by Crippen LogP contribution is 2.26. The molecule has 0 unspecified atom stereocenters. The van der Waals surface area contributed by atoms with E-state index in [-0.39, 0.29) is 17.9 Å². The Hall–Kier alpha value is -3.22. The molecule has 0 saturated heterocycles. The topological polar surface area (TPSA) is 97.0 Å². The summed E-state index contributed by atoms with van der Waals surface area (Å²) in [5.74, 6) is 0.763. The zero-order chi connectivity index (χ0) is 19.4. The minimum atomic E-state index is -0.0549. The van der Waals surface area contributed by atoms with Crippen LogP contribution >= 0.6 is 0 Å². The van der Waals surface area contributed by atoms with Gasteiger partial charge in [-0.1, -0.05) is 6.07 Å². The molecule has 0 aliphatic heterocycles. The van der Waals surface area contributed by atoms with Gasteiger partial charge in [-0.3, -0.25) is 9.78 Å². The summed E-state index contributed by atoms with van der Waals surface area (Å²) in [6.45, 7) is 7.25. The summed E-state index contributed by atoms with van der Waals surface area (Å²) in [6.07, 6.45) is 1.76. The van der Waals surface area contributed by atoms with Crippen LogP contribution in [0.4, 0.5) is 11.8 Å². The molecule has 2 heterocycles. The number of aromatic nitrogens is 3. The molecule has 0 aliphatic rings. The molecular formula is C20H24N6O. The largest absolute Gasteiger partial charge is 0.368 e. The molecule has 1 amide bonds. The van der Waals surface area contributed by atoms with Gasteiger partial charge in [0.1, 0.15) is 5.82 Å². The van der Waals surface area contributed by atoms with Gasteiger partial charge in [-0.2, -0.15) is 4.98 Å². The predicted molar refractivity (Wildman–Crippen MR) is 107 cm³/mol. The van der Waals surface area contributed by atoms with Gasteiger partial charge in [-0.15, -0.1) is 0 Å². The van der Waals surface area contributed by atoms with Gasteiger partial charge in [0.15, 0.2) is 0 Å². The molecule has 27 heavy (non-hydrogen) atoms. The normalized spacial score (nSPS) is 12.0. The van der Waals surface area contributed by atoms with Crippen molar-refractivity contribution >= 4 is 28.6 Å². The van der Waals surface area contributed by atoms with Crippen molar-refractivity contribution in [3.8, 4) is 0 Å². The fourth-order valence-electron chi connectivity index (χ4n) is 3.00. The van der Waals surface area contributed by atoms with Gasteiger partial charge in [0.05, 0.1) is 17.3 Å². The molecule has 0 radical (unpaired) electrons. The molecule has 0 saturated carbocycles. The second-order valence-corrected chi connectivity index (χ2v) is 6.26. The van der Waals surface area contributed by atoms with E-state index >= 15 is 0 Å². The first-order valence-corrected chi connectivity index (χ1v) is 9.07. The summed E-state index contributed by atoms with van der Waals surface area (Å²) in [4.78, 5) is 27.4. The number of nitrogen functional groups attached to an aromatic ring is 1. The number of benzene rings is 1. The van der Waals surface area contributed by atoms with Crippen LogP contribution in [0.3, 0.4) is 0 Å². The number of nitrogens with zero attached hydrogens (tertiary/aromatic N) is 4. The van der Waals surface area contributed by atoms with E-state index in [4.69, 9.17) is 5.73 Å². The number of amides is 1. The Bertz CT molecular complexity index is 940. The third-order valence-electron chi connectivity index (χ3n) is 4.50. The first-order valence-electron chi connectivity index (χ1n) is 9.07. The average Bonchev–Trinajstić information content (AvgIpc) is 2.68. The minimum absolute atomic E-state index is 0.0181. The summed E-state index contributed by atoms with van der Waals surface area (Å²) >= 11 is 0. The van der Waals surface area contributed by atoms with E-state index in [1.54, 1.807) is 23.2 Å². The maximum Gasteiger partial charge on any atom is 0.253 e. The molecule has 3 rings (SSSR count). The molecular weight excluding hydrogens is 340 g/mol. The van der Waals surface area contributed by atoms with Crippen molar-refractivity contribution in [2.45, 2.75) is 26.8 Å². The zero-order valence-corrected chi connectivity index (χ0v) is 15.8. The molecule has 7 heteroatoms. The van der Waals surface area contributed by atoms with Gasteiger partial charge in [-0.25, -0.2) is 4.98 Å². The standard InChI is InChI=1S/C20H24N6O/c1-4-26(5-2)19(27)14-9-10-15-17(12-14)24-20(21)25-18(15)23-13(3)16-8-6-7-11-22-16/h6-13H,4-5H2,1-3H3,(H3,21,23,24,25)/t13-/m1/s1. The van der Waals surface area contributed by atoms with E-state index in [1.807, 2.05) is 45.0 Å². The Balaban J connectivity index is 1.96. The molecule has 3 aromatic rings. The van der Waals surface area contributed by atoms with Gasteiger partial charge in [0, 0.05) is 30.2 Å². The summed E-state index contributed by atoms with van der Waals surface area (Å²) in [5.41, 5.74) is 8.03. The van der Waals surface area contributed by atoms with Crippen LogP contribution in [0.25, 0.3) is 10.9 Å². The zero-order valence-electron chi connectivity index (χ0n) is 15.8. The smallest absolute Gasteiger partial charge is 0.253 e. The van der Waals surface area contributed by atoms with Crippen molar-refractivity contribution in [1.82, 2.24) is 19.9 Å². The summed E-state index contributed by atoms with van der Waals surface area (Å²) < 4.78 is 0. The molecule has 0 bridgehead atoms. The molecule has 2 aromatic heterocycles. The Morgan fingerprint density at radius 2 is 1.96 bits per heavy atom. The third-order valence-corrected chi connectivity index (χ3v) is 4.50. The van der Waals surface area contributed by atoms with Gasteiger partial charge in [-0.05, 0) is 51.1 Å². The molecule has 0 aliphatic carbocycles. The number of nitrogens with two attached hydrogens (primary N) is 1. The maximum atomic E-state index is 12.6. The van der Waals surface area contributed by atoms with E-state index < -0.39 is 0 Å². The highest BCUT2D eigenvalue weighted by Gasteiger charge is 2.16. The average molecular weight is 364 g/mol. The first-order chi connectivity index (χ1) is 13.0. The number of rotatable bonds is 6. The number of anilines is 2. The predicted octanol–water partition coefficient (Wildman–Crippen LogP) is 3.26. The Labute approximate surface area is 158 Å². The van der Waals surface area contributed by atoms with E-state index in [2.05, 4.69) is 20.3 Å². The molecule has 3 N–H and O–H groups in total. The number of hydrogen-bond acceptors (Lipinski definition) is 6. The van der Waals surface area contributed by atoms with Crippen molar-refractivity contribution in [2.75, 3.05) is 24.1 Å². The SMILES string of the molecule is CCN(CC)C(=O)c1ccc2c(N[C@H](C)c3ccccn3)nc(N)nc2c1. The lowest BCUT2D eigenvalue weighted by molar-refractivity contribution is 0.0773. The highest BCUT2D eigenvalue weighted by molar-refractivity contribution is 6.00. The van der Waals surface area contributed by atoms with Gasteiger partial charge in [0.2, 0.25) is 5.95 Å². The number of pyridine rings is 1. The van der Waals surface area contributed by atoms with Gasteiger partial charge < -0.3 is 16.0 Å². The summed E-state index contributed by atoms with van der Waals surface area (Å²) in [6, 6.07) is 11.1.